The van der Waals surface area contributed by atoms with E-state index < -0.39 is 11.7 Å². The van der Waals surface area contributed by atoms with E-state index in [1.807, 2.05) is 0 Å². The topological polar surface area (TPSA) is 77.2 Å². The molecule has 3 N–H and O–H groups in total. The lowest BCUT2D eigenvalue weighted by Crippen LogP contribution is -2.44. The summed E-state index contributed by atoms with van der Waals surface area (Å²) >= 11 is 11.8. The number of nitrogens with one attached hydrogen (secondary N) is 1. The van der Waals surface area contributed by atoms with Gasteiger partial charge in [-0.2, -0.15) is 0 Å². The lowest BCUT2D eigenvalue weighted by molar-refractivity contribution is 0.0506. The van der Waals surface area contributed by atoms with E-state index in [0.717, 1.165) is 5.56 Å². The normalized spacial score (nSPS) is 12.9. The molecule has 0 spiro atoms. The van der Waals surface area contributed by atoms with Crippen LogP contribution in [-0.4, -0.2) is 29.3 Å². The number of hydrogen-bond acceptors (Lipinski definition) is 4. The number of carbonyl (C=O) groups excluding carboxylic acids is 1. The molecule has 0 aliphatic carbocycles. The molecule has 0 aliphatic rings. The SMILES string of the molecule is CC(C)(C)OC(=O)NC(CN)Cc1cnc(Cl)cc1Cl. The third kappa shape index (κ3) is 5.94. The van der Waals surface area contributed by atoms with Crippen LogP contribution in [0.1, 0.15) is 26.3 Å². The zero-order chi connectivity index (χ0) is 15.3. The number of alkyl carbamates (subject to hydrolysis) is 1. The highest BCUT2D eigenvalue weighted by molar-refractivity contribution is 6.34. The fourth-order valence-electron chi connectivity index (χ4n) is 1.52. The standard InChI is InChI=1S/C13H19Cl2N3O2/c1-13(2,3)20-12(19)18-9(6-16)4-8-7-17-11(15)5-10(8)14/h5,7,9H,4,6,16H2,1-3H3,(H,18,19). The summed E-state index contributed by atoms with van der Waals surface area (Å²) in [5.74, 6) is 0. The summed E-state index contributed by atoms with van der Waals surface area (Å²) in [5, 5.41) is 3.53. The fraction of sp³-hybridized carbons (Fsp3) is 0.538. The van der Waals surface area contributed by atoms with Crippen LogP contribution < -0.4 is 11.1 Å². The first-order valence-electron chi connectivity index (χ1n) is 6.21. The quantitative estimate of drug-likeness (QED) is 0.836. The van der Waals surface area contributed by atoms with Gasteiger partial charge in [0.2, 0.25) is 0 Å². The number of nitrogens with two attached hydrogens (primary N) is 1. The molecule has 0 aromatic carbocycles. The molecule has 0 saturated heterocycles. The zero-order valence-corrected chi connectivity index (χ0v) is 13.3. The first-order chi connectivity index (χ1) is 9.21. The number of rotatable bonds is 4. The maximum absolute atomic E-state index is 11.7. The van der Waals surface area contributed by atoms with Crippen molar-refractivity contribution in [3.8, 4) is 0 Å². The number of halogens is 2. The van der Waals surface area contributed by atoms with Crippen LogP contribution >= 0.6 is 23.2 Å². The summed E-state index contributed by atoms with van der Waals surface area (Å²) < 4.78 is 5.18. The number of ether oxygens (including phenoxy) is 1. The number of pyridine rings is 1. The average Bonchev–Trinajstić information content (AvgIpc) is 2.29. The smallest absolute Gasteiger partial charge is 0.407 e. The Morgan fingerprint density at radius 2 is 2.15 bits per heavy atom. The van der Waals surface area contributed by atoms with Crippen molar-refractivity contribution in [1.29, 1.82) is 0 Å². The van der Waals surface area contributed by atoms with Gasteiger partial charge in [0.05, 0.1) is 0 Å². The molecule has 1 rings (SSSR count). The highest BCUT2D eigenvalue weighted by Crippen LogP contribution is 2.20. The second kappa shape index (κ2) is 7.11. The average molecular weight is 320 g/mol. The number of hydrogen-bond donors (Lipinski definition) is 2. The maximum Gasteiger partial charge on any atom is 0.407 e. The minimum atomic E-state index is -0.553. The van der Waals surface area contributed by atoms with Gasteiger partial charge in [-0.3, -0.25) is 0 Å². The van der Waals surface area contributed by atoms with Crippen molar-refractivity contribution in [3.05, 3.63) is 28.0 Å². The highest BCUT2D eigenvalue weighted by atomic mass is 35.5. The maximum atomic E-state index is 11.7. The Morgan fingerprint density at radius 3 is 2.65 bits per heavy atom. The molecule has 112 valence electrons. The molecule has 0 bridgehead atoms. The molecule has 7 heteroatoms. The molecule has 1 heterocycles. The van der Waals surface area contributed by atoms with Crippen LogP contribution in [0.5, 0.6) is 0 Å². The molecule has 1 atom stereocenters. The molecule has 0 saturated carbocycles. The molecule has 20 heavy (non-hydrogen) atoms. The van der Waals surface area contributed by atoms with E-state index >= 15 is 0 Å². The number of nitrogens with zero attached hydrogens (tertiary/aromatic N) is 1. The Kier molecular flexibility index (Phi) is 6.05. The minimum Gasteiger partial charge on any atom is -0.444 e. The highest BCUT2D eigenvalue weighted by Gasteiger charge is 2.19. The molecule has 1 amide bonds. The van der Waals surface area contributed by atoms with E-state index in [0.29, 0.717) is 16.6 Å². The Morgan fingerprint density at radius 1 is 1.50 bits per heavy atom. The van der Waals surface area contributed by atoms with Crippen LogP contribution in [0.25, 0.3) is 0 Å². The third-order valence-electron chi connectivity index (χ3n) is 2.37. The van der Waals surface area contributed by atoms with Gasteiger partial charge in [-0.1, -0.05) is 23.2 Å². The molecular weight excluding hydrogens is 301 g/mol. The monoisotopic (exact) mass is 319 g/mol. The van der Waals surface area contributed by atoms with E-state index in [1.54, 1.807) is 33.0 Å². The van der Waals surface area contributed by atoms with Gasteiger partial charge < -0.3 is 15.8 Å². The van der Waals surface area contributed by atoms with Crippen molar-refractivity contribution in [2.75, 3.05) is 6.54 Å². The van der Waals surface area contributed by atoms with Gasteiger partial charge in [-0.15, -0.1) is 0 Å². The van der Waals surface area contributed by atoms with Crippen molar-refractivity contribution < 1.29 is 9.53 Å². The molecule has 1 aromatic heterocycles. The fourth-order valence-corrected chi connectivity index (χ4v) is 1.96. The van der Waals surface area contributed by atoms with Gasteiger partial charge in [0.1, 0.15) is 10.8 Å². The van der Waals surface area contributed by atoms with E-state index in [-0.39, 0.29) is 12.6 Å². The van der Waals surface area contributed by atoms with Crippen LogP contribution in [0.3, 0.4) is 0 Å². The first-order valence-corrected chi connectivity index (χ1v) is 6.96. The van der Waals surface area contributed by atoms with Gasteiger partial charge in [0.25, 0.3) is 0 Å². The Balaban J connectivity index is 2.65. The number of aromatic nitrogens is 1. The summed E-state index contributed by atoms with van der Waals surface area (Å²) in [6.45, 7) is 5.65. The lowest BCUT2D eigenvalue weighted by atomic mass is 10.1. The summed E-state index contributed by atoms with van der Waals surface area (Å²) in [7, 11) is 0. The van der Waals surface area contributed by atoms with Crippen molar-refractivity contribution in [1.82, 2.24) is 10.3 Å². The molecule has 0 radical (unpaired) electrons. The first kappa shape index (κ1) is 17.0. The van der Waals surface area contributed by atoms with Crippen LogP contribution in [0.2, 0.25) is 10.2 Å². The molecule has 1 aromatic rings. The van der Waals surface area contributed by atoms with Crippen molar-refractivity contribution in [2.45, 2.75) is 38.8 Å². The van der Waals surface area contributed by atoms with Gasteiger partial charge >= 0.3 is 6.09 Å². The summed E-state index contributed by atoms with van der Waals surface area (Å²) in [4.78, 5) is 15.7. The van der Waals surface area contributed by atoms with Crippen molar-refractivity contribution in [3.63, 3.8) is 0 Å². The molecule has 1 unspecified atom stereocenters. The van der Waals surface area contributed by atoms with E-state index in [1.165, 1.54) is 0 Å². The predicted octanol–water partition coefficient (Wildman–Crippen LogP) is 2.78. The Labute approximate surface area is 128 Å². The molecule has 5 nitrogen and oxygen atoms in total. The Hall–Kier alpha value is -1.04. The molecule has 0 fully saturated rings. The van der Waals surface area contributed by atoms with Crippen LogP contribution in [0.15, 0.2) is 12.3 Å². The third-order valence-corrected chi connectivity index (χ3v) is 2.93. The van der Waals surface area contributed by atoms with Gasteiger partial charge in [0, 0.05) is 23.8 Å². The van der Waals surface area contributed by atoms with E-state index in [4.69, 9.17) is 33.7 Å². The number of carbonyl (C=O) groups is 1. The second-order valence-electron chi connectivity index (χ2n) is 5.38. The summed E-state index contributed by atoms with van der Waals surface area (Å²) in [6, 6.07) is 1.27. The minimum absolute atomic E-state index is 0.262. The molecular formula is C13H19Cl2N3O2. The lowest BCUT2D eigenvalue weighted by Gasteiger charge is -2.23. The summed E-state index contributed by atoms with van der Waals surface area (Å²) in [6.07, 6.45) is 1.52. The van der Waals surface area contributed by atoms with Crippen LogP contribution in [0.4, 0.5) is 4.79 Å². The van der Waals surface area contributed by atoms with E-state index in [9.17, 15) is 4.79 Å². The van der Waals surface area contributed by atoms with E-state index in [2.05, 4.69) is 10.3 Å². The molecule has 0 aliphatic heterocycles. The van der Waals surface area contributed by atoms with Gasteiger partial charge in [0.15, 0.2) is 0 Å². The second-order valence-corrected chi connectivity index (χ2v) is 6.18. The van der Waals surface area contributed by atoms with Gasteiger partial charge in [-0.05, 0) is 38.8 Å². The Bertz CT molecular complexity index is 475. The number of amides is 1. The van der Waals surface area contributed by atoms with Crippen molar-refractivity contribution in [2.24, 2.45) is 5.73 Å². The van der Waals surface area contributed by atoms with Crippen molar-refractivity contribution >= 4 is 29.3 Å². The van der Waals surface area contributed by atoms with Crippen LogP contribution in [-0.2, 0) is 11.2 Å². The zero-order valence-electron chi connectivity index (χ0n) is 11.7. The predicted molar refractivity (Wildman–Crippen MR) is 80.2 cm³/mol. The van der Waals surface area contributed by atoms with Gasteiger partial charge in [-0.25, -0.2) is 9.78 Å². The summed E-state index contributed by atoms with van der Waals surface area (Å²) in [5.41, 5.74) is 5.87. The largest absolute Gasteiger partial charge is 0.444 e. The van der Waals surface area contributed by atoms with Crippen LogP contribution in [0, 0.1) is 0 Å².